The summed E-state index contributed by atoms with van der Waals surface area (Å²) in [6.45, 7) is 0. The zero-order chi connectivity index (χ0) is 16.4. The molecule has 25 heavy (non-hydrogen) atoms. The van der Waals surface area contributed by atoms with Crippen molar-refractivity contribution < 1.29 is 9.78 Å². The lowest BCUT2D eigenvalue weighted by Gasteiger charge is -2.35. The van der Waals surface area contributed by atoms with Crippen LogP contribution >= 0.6 is 0 Å². The molecule has 0 radical (unpaired) electrons. The SMILES string of the molecule is c1cc2c3c(c1)ccc1cccc(c13)C1OOC2N1C1CCCCC1. The zero-order valence-electron chi connectivity index (χ0n) is 14.2. The standard InChI is InChI=1S/C22H21NO2/c1-2-8-16(9-3-1)23-21-17-10-4-6-14-12-13-15-7-5-11-18(20(15)19(14)17)22(23)25-24-21/h4-7,10-13,16,21-22H,1-3,8-9H2. The van der Waals surface area contributed by atoms with Crippen LogP contribution < -0.4 is 0 Å². The van der Waals surface area contributed by atoms with E-state index in [1.165, 1.54) is 64.8 Å². The molecule has 2 bridgehead atoms. The van der Waals surface area contributed by atoms with Crippen LogP contribution in [0.4, 0.5) is 0 Å². The summed E-state index contributed by atoms with van der Waals surface area (Å²) < 4.78 is 0. The maximum atomic E-state index is 5.93. The van der Waals surface area contributed by atoms with Gasteiger partial charge < -0.3 is 0 Å². The molecular formula is C22H21NO2. The molecule has 2 aliphatic heterocycles. The van der Waals surface area contributed by atoms with Gasteiger partial charge in [-0.1, -0.05) is 67.8 Å². The van der Waals surface area contributed by atoms with Gasteiger partial charge in [0.1, 0.15) is 0 Å². The molecule has 0 spiro atoms. The highest BCUT2D eigenvalue weighted by Crippen LogP contribution is 2.51. The molecule has 2 atom stereocenters. The van der Waals surface area contributed by atoms with Crippen molar-refractivity contribution in [3.63, 3.8) is 0 Å². The van der Waals surface area contributed by atoms with E-state index in [4.69, 9.17) is 9.78 Å². The first kappa shape index (κ1) is 14.3. The van der Waals surface area contributed by atoms with Crippen LogP contribution in [0.3, 0.4) is 0 Å². The van der Waals surface area contributed by atoms with Crippen molar-refractivity contribution in [3.8, 4) is 0 Å². The molecule has 3 aromatic rings. The molecule has 0 aromatic heterocycles. The monoisotopic (exact) mass is 331 g/mol. The zero-order valence-corrected chi connectivity index (χ0v) is 14.2. The van der Waals surface area contributed by atoms with Crippen molar-refractivity contribution in [1.82, 2.24) is 4.90 Å². The Bertz CT molecular complexity index is 906. The first-order valence-corrected chi connectivity index (χ1v) is 9.46. The molecular weight excluding hydrogens is 310 g/mol. The first-order chi connectivity index (χ1) is 12.4. The molecule has 2 unspecified atom stereocenters. The molecule has 1 saturated carbocycles. The Morgan fingerprint density at radius 1 is 0.680 bits per heavy atom. The fourth-order valence-corrected chi connectivity index (χ4v) is 5.14. The van der Waals surface area contributed by atoms with Gasteiger partial charge in [0.25, 0.3) is 0 Å². The van der Waals surface area contributed by atoms with Crippen molar-refractivity contribution in [2.45, 2.75) is 50.6 Å². The highest BCUT2D eigenvalue weighted by molar-refractivity contribution is 6.11. The van der Waals surface area contributed by atoms with Crippen molar-refractivity contribution in [2.75, 3.05) is 0 Å². The Kier molecular flexibility index (Phi) is 3.01. The Morgan fingerprint density at radius 2 is 1.24 bits per heavy atom. The second kappa shape index (κ2) is 5.28. The predicted octanol–water partition coefficient (Wildman–Crippen LogP) is 5.60. The van der Waals surface area contributed by atoms with Crippen LogP contribution in [0, 0.1) is 0 Å². The third kappa shape index (κ3) is 1.92. The fraction of sp³-hybridized carbons (Fsp3) is 0.364. The maximum absolute atomic E-state index is 5.93. The molecule has 1 saturated heterocycles. The molecule has 3 aromatic carbocycles. The lowest BCUT2D eigenvalue weighted by Crippen LogP contribution is -2.38. The van der Waals surface area contributed by atoms with Crippen molar-refractivity contribution >= 4 is 21.5 Å². The summed E-state index contributed by atoms with van der Waals surface area (Å²) in [6, 6.07) is 18.1. The smallest absolute Gasteiger partial charge is 0.175 e. The summed E-state index contributed by atoms with van der Waals surface area (Å²) in [7, 11) is 0. The van der Waals surface area contributed by atoms with Crippen LogP contribution in [0.5, 0.6) is 0 Å². The van der Waals surface area contributed by atoms with Gasteiger partial charge in [-0.2, -0.15) is 0 Å². The van der Waals surface area contributed by atoms with Gasteiger partial charge >= 0.3 is 0 Å². The molecule has 6 rings (SSSR count). The van der Waals surface area contributed by atoms with Gasteiger partial charge in [-0.25, -0.2) is 14.7 Å². The van der Waals surface area contributed by atoms with Crippen molar-refractivity contribution in [1.29, 1.82) is 0 Å². The van der Waals surface area contributed by atoms with Gasteiger partial charge in [-0.15, -0.1) is 0 Å². The number of hydrogen-bond donors (Lipinski definition) is 0. The maximum Gasteiger partial charge on any atom is 0.175 e. The lowest BCUT2D eigenvalue weighted by molar-refractivity contribution is -0.300. The van der Waals surface area contributed by atoms with Gasteiger partial charge in [0.15, 0.2) is 12.5 Å². The Labute approximate surface area is 147 Å². The van der Waals surface area contributed by atoms with E-state index in [-0.39, 0.29) is 12.5 Å². The summed E-state index contributed by atoms with van der Waals surface area (Å²) in [4.78, 5) is 14.4. The molecule has 3 heteroatoms. The van der Waals surface area contributed by atoms with Crippen molar-refractivity contribution in [3.05, 3.63) is 59.7 Å². The quantitative estimate of drug-likeness (QED) is 0.428. The summed E-state index contributed by atoms with van der Waals surface area (Å²) in [5, 5.41) is 5.26. The summed E-state index contributed by atoms with van der Waals surface area (Å²) in [5.41, 5.74) is 2.50. The second-order valence-corrected chi connectivity index (χ2v) is 7.59. The van der Waals surface area contributed by atoms with E-state index < -0.39 is 0 Å². The molecule has 126 valence electrons. The van der Waals surface area contributed by atoms with Crippen LogP contribution in [0.2, 0.25) is 0 Å². The number of benzene rings is 3. The molecule has 1 aliphatic carbocycles. The first-order valence-electron chi connectivity index (χ1n) is 9.46. The Hall–Kier alpha value is -1.94. The van der Waals surface area contributed by atoms with Gasteiger partial charge in [0.2, 0.25) is 0 Å². The van der Waals surface area contributed by atoms with E-state index in [0.717, 1.165) is 0 Å². The second-order valence-electron chi connectivity index (χ2n) is 7.59. The van der Waals surface area contributed by atoms with Crippen LogP contribution in [0.1, 0.15) is 55.7 Å². The van der Waals surface area contributed by atoms with Gasteiger partial charge in [-0.3, -0.25) is 0 Å². The highest BCUT2D eigenvalue weighted by atomic mass is 17.2. The van der Waals surface area contributed by atoms with Crippen LogP contribution in [-0.2, 0) is 9.78 Å². The average Bonchev–Trinajstić information content (AvgIpc) is 3.06. The Balaban J connectivity index is 1.67. The van der Waals surface area contributed by atoms with E-state index >= 15 is 0 Å². The topological polar surface area (TPSA) is 21.7 Å². The van der Waals surface area contributed by atoms with Crippen LogP contribution in [0.15, 0.2) is 48.5 Å². The number of nitrogens with zero attached hydrogens (tertiary/aromatic N) is 1. The van der Waals surface area contributed by atoms with E-state index in [2.05, 4.69) is 53.4 Å². The van der Waals surface area contributed by atoms with Gasteiger partial charge in [0, 0.05) is 17.2 Å². The predicted molar refractivity (Wildman–Crippen MR) is 97.8 cm³/mol. The minimum Gasteiger partial charge on any atom is -0.236 e. The van der Waals surface area contributed by atoms with Crippen LogP contribution in [-0.4, -0.2) is 10.9 Å². The lowest BCUT2D eigenvalue weighted by atomic mass is 9.93. The van der Waals surface area contributed by atoms with Crippen LogP contribution in [0.25, 0.3) is 21.5 Å². The fourth-order valence-electron chi connectivity index (χ4n) is 5.14. The minimum atomic E-state index is -0.102. The molecule has 0 N–H and O–H groups in total. The normalized spacial score (nSPS) is 26.6. The molecule has 3 aliphatic rings. The summed E-state index contributed by atoms with van der Waals surface area (Å²) in [5.74, 6) is 0. The molecule has 2 heterocycles. The number of hydrogen-bond acceptors (Lipinski definition) is 3. The molecule has 0 amide bonds. The van der Waals surface area contributed by atoms with Crippen molar-refractivity contribution in [2.24, 2.45) is 0 Å². The average molecular weight is 331 g/mol. The number of rotatable bonds is 1. The Morgan fingerprint density at radius 3 is 1.80 bits per heavy atom. The van der Waals surface area contributed by atoms with E-state index in [0.29, 0.717) is 6.04 Å². The molecule has 3 nitrogen and oxygen atoms in total. The van der Waals surface area contributed by atoms with E-state index in [1.54, 1.807) is 0 Å². The largest absolute Gasteiger partial charge is 0.236 e. The highest BCUT2D eigenvalue weighted by Gasteiger charge is 2.46. The number of fused-ring (bicyclic) bond motifs is 4. The third-order valence-corrected chi connectivity index (χ3v) is 6.26. The van der Waals surface area contributed by atoms with E-state index in [9.17, 15) is 0 Å². The minimum absolute atomic E-state index is 0.102. The molecule has 2 fully saturated rings. The van der Waals surface area contributed by atoms with Gasteiger partial charge in [0.05, 0.1) is 0 Å². The third-order valence-electron chi connectivity index (χ3n) is 6.26. The summed E-state index contributed by atoms with van der Waals surface area (Å²) in [6.07, 6.45) is 6.24. The summed E-state index contributed by atoms with van der Waals surface area (Å²) >= 11 is 0. The van der Waals surface area contributed by atoms with E-state index in [1.807, 2.05) is 0 Å². The van der Waals surface area contributed by atoms with Gasteiger partial charge in [-0.05, 0) is 34.4 Å².